The average molecular weight is 340 g/mol. The predicted molar refractivity (Wildman–Crippen MR) is 97.8 cm³/mol. The Kier molecular flexibility index (Phi) is 7.87. The number of carboxylic acids is 2. The maximum Gasteiger partial charge on any atom is 0.382 e. The highest BCUT2D eigenvalue weighted by molar-refractivity contribution is 5.87. The molecule has 0 spiro atoms. The second-order valence-corrected chi connectivity index (χ2v) is 4.56. The molecule has 2 aromatic carbocycles. The number of rotatable bonds is 0. The number of carboxylic acid groups (broad SMARTS) is 2. The molecule has 2 aromatic rings. The van der Waals surface area contributed by atoms with Gasteiger partial charge in [-0.05, 0) is 36.4 Å². The molecular weight excluding hydrogens is 328 g/mol. The standard InChI is InChI=1S/2C11H6O2/c2*1-2-9-4-3-5-10(8-9)6-7-11(12)13/h2*1,3-5,8H,(H,12,13). The monoisotopic (exact) mass is 340 g/mol. The molecule has 0 heterocycles. The molecular formula is C22H12O4. The summed E-state index contributed by atoms with van der Waals surface area (Å²) in [6.45, 7) is 0. The van der Waals surface area contributed by atoms with Crippen LogP contribution in [0.1, 0.15) is 22.3 Å². The van der Waals surface area contributed by atoms with Crippen molar-refractivity contribution in [1.82, 2.24) is 0 Å². The van der Waals surface area contributed by atoms with E-state index in [-0.39, 0.29) is 0 Å². The van der Waals surface area contributed by atoms with Crippen molar-refractivity contribution < 1.29 is 19.8 Å². The zero-order valence-corrected chi connectivity index (χ0v) is 13.5. The van der Waals surface area contributed by atoms with E-state index in [1.807, 2.05) is 11.8 Å². The molecule has 0 saturated carbocycles. The van der Waals surface area contributed by atoms with Crippen LogP contribution in [0.4, 0.5) is 0 Å². The molecule has 2 N–H and O–H groups in total. The Morgan fingerprint density at radius 1 is 0.692 bits per heavy atom. The first-order chi connectivity index (χ1) is 12.4. The van der Waals surface area contributed by atoms with Gasteiger partial charge < -0.3 is 10.2 Å². The topological polar surface area (TPSA) is 74.6 Å². The first-order valence-corrected chi connectivity index (χ1v) is 7.08. The van der Waals surface area contributed by atoms with Crippen molar-refractivity contribution in [2.75, 3.05) is 0 Å². The quantitative estimate of drug-likeness (QED) is 0.721. The summed E-state index contributed by atoms with van der Waals surface area (Å²) >= 11 is 0. The molecule has 0 bridgehead atoms. The fourth-order valence-electron chi connectivity index (χ4n) is 1.62. The van der Waals surface area contributed by atoms with Crippen molar-refractivity contribution in [3.05, 3.63) is 70.8 Å². The van der Waals surface area contributed by atoms with Crippen molar-refractivity contribution in [2.45, 2.75) is 0 Å². The zero-order chi connectivity index (χ0) is 19.4. The first-order valence-electron chi connectivity index (χ1n) is 7.08. The molecule has 0 aliphatic rings. The third kappa shape index (κ3) is 7.75. The summed E-state index contributed by atoms with van der Waals surface area (Å²) in [6.07, 6.45) is 10.3. The molecule has 0 aliphatic heterocycles. The second kappa shape index (κ2) is 10.4. The molecule has 0 atom stereocenters. The van der Waals surface area contributed by atoms with E-state index >= 15 is 0 Å². The lowest BCUT2D eigenvalue weighted by Gasteiger charge is -1.90. The van der Waals surface area contributed by atoms with Gasteiger partial charge in [0, 0.05) is 34.1 Å². The Labute approximate surface area is 151 Å². The van der Waals surface area contributed by atoms with Gasteiger partial charge in [-0.2, -0.15) is 0 Å². The lowest BCUT2D eigenvalue weighted by Crippen LogP contribution is -1.87. The van der Waals surface area contributed by atoms with Crippen LogP contribution in [0.15, 0.2) is 48.5 Å². The van der Waals surface area contributed by atoms with Crippen molar-refractivity contribution in [3.8, 4) is 48.4 Å². The van der Waals surface area contributed by atoms with Crippen LogP contribution in [-0.2, 0) is 9.59 Å². The van der Waals surface area contributed by atoms with Gasteiger partial charge in [-0.3, -0.25) is 0 Å². The van der Waals surface area contributed by atoms with Crippen LogP contribution in [0, 0.1) is 48.4 Å². The summed E-state index contributed by atoms with van der Waals surface area (Å²) in [6, 6.07) is 13.7. The molecule has 124 valence electrons. The summed E-state index contributed by atoms with van der Waals surface area (Å²) in [4.78, 5) is 20.2. The Balaban J connectivity index is 0.000000260. The number of benzene rings is 2. The lowest BCUT2D eigenvalue weighted by atomic mass is 10.1. The third-order valence-electron chi connectivity index (χ3n) is 2.69. The van der Waals surface area contributed by atoms with E-state index in [0.717, 1.165) is 0 Å². The molecule has 0 radical (unpaired) electrons. The molecule has 0 saturated heterocycles. The normalized spacial score (nSPS) is 7.92. The fraction of sp³-hybridized carbons (Fsp3) is 0. The predicted octanol–water partition coefficient (Wildman–Crippen LogP) is 2.21. The Morgan fingerprint density at radius 3 is 1.35 bits per heavy atom. The molecule has 4 heteroatoms. The van der Waals surface area contributed by atoms with Gasteiger partial charge in [0.25, 0.3) is 0 Å². The van der Waals surface area contributed by atoms with E-state index in [4.69, 9.17) is 23.1 Å². The third-order valence-corrected chi connectivity index (χ3v) is 2.69. The summed E-state index contributed by atoms with van der Waals surface area (Å²) in [7, 11) is 0. The van der Waals surface area contributed by atoms with Crippen LogP contribution < -0.4 is 0 Å². The average Bonchev–Trinajstić information content (AvgIpc) is 2.65. The SMILES string of the molecule is C#Cc1cccc(C#CC(=O)O)c1.C#Cc1cccc(C#CC(=O)O)c1. The van der Waals surface area contributed by atoms with Gasteiger partial charge in [0.2, 0.25) is 0 Å². The van der Waals surface area contributed by atoms with E-state index in [9.17, 15) is 9.59 Å². The summed E-state index contributed by atoms with van der Waals surface area (Å²) in [5.74, 6) is 11.6. The fourth-order valence-corrected chi connectivity index (χ4v) is 1.62. The van der Waals surface area contributed by atoms with Crippen LogP contribution in [-0.4, -0.2) is 22.2 Å². The maximum atomic E-state index is 10.1. The van der Waals surface area contributed by atoms with Crippen molar-refractivity contribution in [2.24, 2.45) is 0 Å². The van der Waals surface area contributed by atoms with Crippen LogP contribution in [0.25, 0.3) is 0 Å². The Morgan fingerprint density at radius 2 is 1.04 bits per heavy atom. The molecule has 0 unspecified atom stereocenters. The molecule has 26 heavy (non-hydrogen) atoms. The Bertz CT molecular complexity index is 940. The minimum absolute atomic E-state index is 0.609. The van der Waals surface area contributed by atoms with Crippen LogP contribution in [0.2, 0.25) is 0 Å². The van der Waals surface area contributed by atoms with Crippen LogP contribution in [0.3, 0.4) is 0 Å². The maximum absolute atomic E-state index is 10.1. The highest BCUT2D eigenvalue weighted by Crippen LogP contribution is 2.02. The highest BCUT2D eigenvalue weighted by Gasteiger charge is 1.90. The summed E-state index contributed by atoms with van der Waals surface area (Å²) < 4.78 is 0. The molecule has 0 amide bonds. The number of aliphatic carboxylic acids is 2. The molecule has 0 fully saturated rings. The highest BCUT2D eigenvalue weighted by atomic mass is 16.4. The van der Waals surface area contributed by atoms with Crippen molar-refractivity contribution >= 4 is 11.9 Å². The van der Waals surface area contributed by atoms with E-state index in [1.54, 1.807) is 48.5 Å². The van der Waals surface area contributed by atoms with Gasteiger partial charge >= 0.3 is 11.9 Å². The second-order valence-electron chi connectivity index (χ2n) is 4.56. The number of terminal acetylenes is 2. The van der Waals surface area contributed by atoms with E-state index in [1.165, 1.54) is 0 Å². The van der Waals surface area contributed by atoms with Gasteiger partial charge in [0.05, 0.1) is 0 Å². The Hall–Kier alpha value is -4.38. The van der Waals surface area contributed by atoms with Gasteiger partial charge in [-0.15, -0.1) is 12.8 Å². The largest absolute Gasteiger partial charge is 0.472 e. The van der Waals surface area contributed by atoms with Gasteiger partial charge in [-0.1, -0.05) is 35.8 Å². The van der Waals surface area contributed by atoms with Crippen LogP contribution >= 0.6 is 0 Å². The molecule has 0 aliphatic carbocycles. The van der Waals surface area contributed by atoms with Gasteiger partial charge in [0.1, 0.15) is 0 Å². The smallest absolute Gasteiger partial charge is 0.382 e. The van der Waals surface area contributed by atoms with Crippen molar-refractivity contribution in [1.29, 1.82) is 0 Å². The zero-order valence-electron chi connectivity index (χ0n) is 13.5. The molecule has 0 aromatic heterocycles. The molecule has 2 rings (SSSR count). The van der Waals surface area contributed by atoms with E-state index < -0.39 is 11.9 Å². The number of hydrogen-bond acceptors (Lipinski definition) is 2. The summed E-state index contributed by atoms with van der Waals surface area (Å²) in [5, 5.41) is 16.6. The summed E-state index contributed by atoms with van der Waals surface area (Å²) in [5.41, 5.74) is 2.60. The lowest BCUT2D eigenvalue weighted by molar-refractivity contribution is -0.131. The van der Waals surface area contributed by atoms with Gasteiger partial charge in [0.15, 0.2) is 0 Å². The van der Waals surface area contributed by atoms with E-state index in [0.29, 0.717) is 22.3 Å². The van der Waals surface area contributed by atoms with E-state index in [2.05, 4.69) is 23.7 Å². The number of hydrogen-bond donors (Lipinski definition) is 2. The number of carbonyl (C=O) groups is 2. The van der Waals surface area contributed by atoms with Crippen molar-refractivity contribution in [3.63, 3.8) is 0 Å². The van der Waals surface area contributed by atoms with Crippen LogP contribution in [0.5, 0.6) is 0 Å². The van der Waals surface area contributed by atoms with Gasteiger partial charge in [-0.25, -0.2) is 9.59 Å². The minimum Gasteiger partial charge on any atom is -0.472 e. The molecule has 4 nitrogen and oxygen atoms in total. The first kappa shape index (κ1) is 19.7. The minimum atomic E-state index is -1.15.